The second-order valence-electron chi connectivity index (χ2n) is 6.21. The molecule has 3 rings (SSSR count). The molecule has 0 unspecified atom stereocenters. The standard InChI is InChI=1S/C22H19FN2O2/c23-19-8-4-7-18(14-19)22(27)25-20(21(24)26)13-15-9-11-17(12-10-15)16-5-2-1-3-6-16/h1-12,14,20H,13H2,(H2,24,26)(H,25,27)/t20-/m1/s1. The van der Waals surface area contributed by atoms with Gasteiger partial charge < -0.3 is 11.1 Å². The van der Waals surface area contributed by atoms with Crippen LogP contribution < -0.4 is 11.1 Å². The molecule has 0 heterocycles. The molecule has 27 heavy (non-hydrogen) atoms. The summed E-state index contributed by atoms with van der Waals surface area (Å²) in [5, 5.41) is 2.57. The Morgan fingerprint density at radius 2 is 1.56 bits per heavy atom. The molecule has 4 nitrogen and oxygen atoms in total. The molecular formula is C22H19FN2O2. The Morgan fingerprint density at radius 1 is 0.889 bits per heavy atom. The molecular weight excluding hydrogens is 343 g/mol. The van der Waals surface area contributed by atoms with Gasteiger partial charge in [-0.15, -0.1) is 0 Å². The number of nitrogens with two attached hydrogens (primary N) is 1. The van der Waals surface area contributed by atoms with Gasteiger partial charge in [0, 0.05) is 12.0 Å². The summed E-state index contributed by atoms with van der Waals surface area (Å²) in [4.78, 5) is 24.0. The van der Waals surface area contributed by atoms with Crippen molar-refractivity contribution in [3.63, 3.8) is 0 Å². The lowest BCUT2D eigenvalue weighted by Crippen LogP contribution is -2.45. The van der Waals surface area contributed by atoms with E-state index in [-0.39, 0.29) is 12.0 Å². The van der Waals surface area contributed by atoms with Gasteiger partial charge >= 0.3 is 0 Å². The number of hydrogen-bond donors (Lipinski definition) is 2. The average molecular weight is 362 g/mol. The molecule has 3 aromatic rings. The number of benzene rings is 3. The molecule has 0 aromatic heterocycles. The van der Waals surface area contributed by atoms with Gasteiger partial charge in [-0.3, -0.25) is 9.59 Å². The smallest absolute Gasteiger partial charge is 0.252 e. The number of amides is 2. The zero-order valence-corrected chi connectivity index (χ0v) is 14.6. The molecule has 0 aliphatic rings. The van der Waals surface area contributed by atoms with Gasteiger partial charge in [0.15, 0.2) is 0 Å². The van der Waals surface area contributed by atoms with Crippen LogP contribution in [0.2, 0.25) is 0 Å². The van der Waals surface area contributed by atoms with Gasteiger partial charge in [0.1, 0.15) is 11.9 Å². The summed E-state index contributed by atoms with van der Waals surface area (Å²) in [6.07, 6.45) is 0.255. The zero-order valence-electron chi connectivity index (χ0n) is 14.6. The highest BCUT2D eigenvalue weighted by Gasteiger charge is 2.19. The third-order valence-electron chi connectivity index (χ3n) is 4.24. The van der Waals surface area contributed by atoms with Crippen LogP contribution in [0.3, 0.4) is 0 Å². The van der Waals surface area contributed by atoms with Crippen molar-refractivity contribution in [2.24, 2.45) is 5.73 Å². The van der Waals surface area contributed by atoms with Crippen LogP contribution in [0.1, 0.15) is 15.9 Å². The van der Waals surface area contributed by atoms with Gasteiger partial charge in [0.25, 0.3) is 5.91 Å². The first-order chi connectivity index (χ1) is 13.0. The molecule has 5 heteroatoms. The van der Waals surface area contributed by atoms with Gasteiger partial charge in [0.05, 0.1) is 0 Å². The minimum absolute atomic E-state index is 0.140. The first kappa shape index (κ1) is 18.3. The Kier molecular flexibility index (Phi) is 5.61. The number of nitrogens with one attached hydrogen (secondary N) is 1. The Balaban J connectivity index is 1.71. The number of carbonyl (C=O) groups is 2. The van der Waals surface area contributed by atoms with Crippen molar-refractivity contribution >= 4 is 11.8 Å². The van der Waals surface area contributed by atoms with Gasteiger partial charge in [0.2, 0.25) is 5.91 Å². The summed E-state index contributed by atoms with van der Waals surface area (Å²) in [5.74, 6) is -1.71. The van der Waals surface area contributed by atoms with E-state index in [0.29, 0.717) is 0 Å². The summed E-state index contributed by atoms with van der Waals surface area (Å²) in [7, 11) is 0. The van der Waals surface area contributed by atoms with E-state index < -0.39 is 23.7 Å². The maximum atomic E-state index is 13.3. The topological polar surface area (TPSA) is 72.2 Å². The molecule has 0 aliphatic heterocycles. The summed E-state index contributed by atoms with van der Waals surface area (Å²) < 4.78 is 13.3. The van der Waals surface area contributed by atoms with Crippen LogP contribution in [0.4, 0.5) is 4.39 Å². The highest BCUT2D eigenvalue weighted by Crippen LogP contribution is 2.19. The molecule has 1 atom stereocenters. The zero-order chi connectivity index (χ0) is 19.2. The van der Waals surface area contributed by atoms with E-state index in [9.17, 15) is 14.0 Å². The molecule has 0 aliphatic carbocycles. The van der Waals surface area contributed by atoms with E-state index in [2.05, 4.69) is 5.32 Å². The van der Waals surface area contributed by atoms with Crippen LogP contribution in [-0.2, 0) is 11.2 Å². The fourth-order valence-corrected chi connectivity index (χ4v) is 2.79. The Hall–Kier alpha value is -3.47. The van der Waals surface area contributed by atoms with E-state index in [1.54, 1.807) is 0 Å². The SMILES string of the molecule is NC(=O)[C@@H](Cc1ccc(-c2ccccc2)cc1)NC(=O)c1cccc(F)c1. The first-order valence-electron chi connectivity index (χ1n) is 8.53. The van der Waals surface area contributed by atoms with E-state index >= 15 is 0 Å². The average Bonchev–Trinajstić information content (AvgIpc) is 2.68. The second-order valence-corrected chi connectivity index (χ2v) is 6.21. The maximum Gasteiger partial charge on any atom is 0.252 e. The first-order valence-corrected chi connectivity index (χ1v) is 8.53. The number of primary amides is 1. The molecule has 0 bridgehead atoms. The molecule has 3 aromatic carbocycles. The normalized spacial score (nSPS) is 11.6. The van der Waals surface area contributed by atoms with Crippen molar-refractivity contribution in [2.45, 2.75) is 12.5 Å². The quantitative estimate of drug-likeness (QED) is 0.706. The molecule has 3 N–H and O–H groups in total. The van der Waals surface area contributed by atoms with E-state index in [1.807, 2.05) is 54.6 Å². The third-order valence-corrected chi connectivity index (χ3v) is 4.24. The number of carbonyl (C=O) groups excluding carboxylic acids is 2. The van der Waals surface area contributed by atoms with Gasteiger partial charge in [-0.1, -0.05) is 60.7 Å². The van der Waals surface area contributed by atoms with Crippen LogP contribution in [0, 0.1) is 5.82 Å². The maximum absolute atomic E-state index is 13.3. The lowest BCUT2D eigenvalue weighted by atomic mass is 10.00. The second kappa shape index (κ2) is 8.27. The number of hydrogen-bond acceptors (Lipinski definition) is 2. The predicted octanol–water partition coefficient (Wildman–Crippen LogP) is 3.32. The molecule has 136 valence electrons. The fraction of sp³-hybridized carbons (Fsp3) is 0.0909. The highest BCUT2D eigenvalue weighted by molar-refractivity contribution is 5.97. The van der Waals surface area contributed by atoms with Crippen LogP contribution in [0.15, 0.2) is 78.9 Å². The number of halogens is 1. The van der Waals surface area contributed by atoms with Crippen LogP contribution in [0.25, 0.3) is 11.1 Å². The van der Waals surface area contributed by atoms with Crippen LogP contribution >= 0.6 is 0 Å². The van der Waals surface area contributed by atoms with Crippen molar-refractivity contribution < 1.29 is 14.0 Å². The minimum Gasteiger partial charge on any atom is -0.368 e. The Bertz CT molecular complexity index is 940. The number of rotatable bonds is 6. The largest absolute Gasteiger partial charge is 0.368 e. The van der Waals surface area contributed by atoms with Gasteiger partial charge in [-0.05, 0) is 34.9 Å². The third kappa shape index (κ3) is 4.79. The lowest BCUT2D eigenvalue weighted by molar-refractivity contribution is -0.119. The monoisotopic (exact) mass is 362 g/mol. The Labute approximate surface area is 156 Å². The van der Waals surface area contributed by atoms with Crippen molar-refractivity contribution in [3.05, 3.63) is 95.8 Å². The van der Waals surface area contributed by atoms with Crippen LogP contribution in [-0.4, -0.2) is 17.9 Å². The van der Waals surface area contributed by atoms with Gasteiger partial charge in [-0.25, -0.2) is 4.39 Å². The summed E-state index contributed by atoms with van der Waals surface area (Å²) >= 11 is 0. The van der Waals surface area contributed by atoms with Crippen LogP contribution in [0.5, 0.6) is 0 Å². The van der Waals surface area contributed by atoms with Crippen molar-refractivity contribution in [1.29, 1.82) is 0 Å². The highest BCUT2D eigenvalue weighted by atomic mass is 19.1. The summed E-state index contributed by atoms with van der Waals surface area (Å²) in [6.45, 7) is 0. The summed E-state index contributed by atoms with van der Waals surface area (Å²) in [5.41, 5.74) is 8.58. The molecule has 0 saturated carbocycles. The van der Waals surface area contributed by atoms with Crippen molar-refractivity contribution in [1.82, 2.24) is 5.32 Å². The van der Waals surface area contributed by atoms with Crippen molar-refractivity contribution in [2.75, 3.05) is 0 Å². The molecule has 0 radical (unpaired) electrons. The molecule has 0 spiro atoms. The summed E-state index contributed by atoms with van der Waals surface area (Å²) in [6, 6.07) is 22.0. The molecule has 2 amide bonds. The Morgan fingerprint density at radius 3 is 2.19 bits per heavy atom. The minimum atomic E-state index is -0.886. The van der Waals surface area contributed by atoms with E-state index in [1.165, 1.54) is 18.2 Å². The van der Waals surface area contributed by atoms with Crippen molar-refractivity contribution in [3.8, 4) is 11.1 Å². The van der Waals surface area contributed by atoms with E-state index in [0.717, 1.165) is 22.8 Å². The molecule has 0 fully saturated rings. The predicted molar refractivity (Wildman–Crippen MR) is 102 cm³/mol. The van der Waals surface area contributed by atoms with E-state index in [4.69, 9.17) is 5.73 Å². The molecule has 0 saturated heterocycles. The lowest BCUT2D eigenvalue weighted by Gasteiger charge is -2.16. The fourth-order valence-electron chi connectivity index (χ4n) is 2.79. The van der Waals surface area contributed by atoms with Gasteiger partial charge in [-0.2, -0.15) is 0 Å².